The van der Waals surface area contributed by atoms with E-state index in [9.17, 15) is 4.79 Å². The zero-order chi connectivity index (χ0) is 15.0. The minimum Gasteiger partial charge on any atom is -0.294 e. The maximum Gasteiger partial charge on any atom is 0.166 e. The van der Waals surface area contributed by atoms with Gasteiger partial charge in [0.1, 0.15) is 0 Å². The Labute approximate surface area is 131 Å². The summed E-state index contributed by atoms with van der Waals surface area (Å²) in [5, 5.41) is 0.771. The molecule has 2 atom stereocenters. The molecule has 1 aliphatic carbocycles. The van der Waals surface area contributed by atoms with Crippen molar-refractivity contribution in [2.45, 2.75) is 32.1 Å². The summed E-state index contributed by atoms with van der Waals surface area (Å²) >= 11 is 6.22. The first kappa shape index (κ1) is 14.3. The van der Waals surface area contributed by atoms with Gasteiger partial charge in [-0.25, -0.2) is 0 Å². The summed E-state index contributed by atoms with van der Waals surface area (Å²) in [6.45, 7) is 4.32. The molecule has 0 spiro atoms. The van der Waals surface area contributed by atoms with Crippen molar-refractivity contribution in [3.63, 3.8) is 0 Å². The molecule has 2 heteroatoms. The first-order valence-electron chi connectivity index (χ1n) is 7.46. The van der Waals surface area contributed by atoms with Crippen LogP contribution in [0.5, 0.6) is 0 Å². The fraction of sp³-hybridized carbons (Fsp3) is 0.316. The fourth-order valence-electron chi connectivity index (χ4n) is 2.85. The number of ketones is 1. The molecule has 0 radical (unpaired) electrons. The van der Waals surface area contributed by atoms with Crippen molar-refractivity contribution in [2.24, 2.45) is 5.92 Å². The average Bonchev–Trinajstić information content (AvgIpc) is 3.27. The monoisotopic (exact) mass is 298 g/mol. The van der Waals surface area contributed by atoms with Gasteiger partial charge in [-0.15, -0.1) is 0 Å². The quantitative estimate of drug-likeness (QED) is 0.686. The minimum absolute atomic E-state index is 0.0924. The molecular formula is C19H19ClO. The van der Waals surface area contributed by atoms with Crippen LogP contribution in [0, 0.1) is 5.92 Å². The van der Waals surface area contributed by atoms with E-state index < -0.39 is 0 Å². The van der Waals surface area contributed by atoms with Crippen molar-refractivity contribution in [2.75, 3.05) is 0 Å². The van der Waals surface area contributed by atoms with Crippen molar-refractivity contribution in [3.05, 3.63) is 70.2 Å². The molecule has 1 saturated carbocycles. The molecule has 0 heterocycles. The number of rotatable bonds is 4. The minimum atomic E-state index is 0.0924. The van der Waals surface area contributed by atoms with Crippen LogP contribution in [0.1, 0.15) is 53.6 Å². The van der Waals surface area contributed by atoms with Crippen molar-refractivity contribution in [1.29, 1.82) is 0 Å². The maximum atomic E-state index is 12.5. The van der Waals surface area contributed by atoms with Gasteiger partial charge in [0.15, 0.2) is 5.78 Å². The topological polar surface area (TPSA) is 17.1 Å². The SMILES string of the molecule is CC(C)c1ccc(C(=O)C2CC2c2ccccc2Cl)cc1. The van der Waals surface area contributed by atoms with Gasteiger partial charge in [0, 0.05) is 16.5 Å². The van der Waals surface area contributed by atoms with Gasteiger partial charge in [-0.3, -0.25) is 4.79 Å². The van der Waals surface area contributed by atoms with Gasteiger partial charge < -0.3 is 0 Å². The summed E-state index contributed by atoms with van der Waals surface area (Å²) in [5.74, 6) is 1.12. The Hall–Kier alpha value is -1.60. The van der Waals surface area contributed by atoms with Gasteiger partial charge in [0.2, 0.25) is 0 Å². The van der Waals surface area contributed by atoms with E-state index in [0.29, 0.717) is 5.92 Å². The third-order valence-electron chi connectivity index (χ3n) is 4.29. The lowest BCUT2D eigenvalue weighted by molar-refractivity contribution is 0.0965. The van der Waals surface area contributed by atoms with Crippen molar-refractivity contribution >= 4 is 17.4 Å². The number of hydrogen-bond donors (Lipinski definition) is 0. The van der Waals surface area contributed by atoms with E-state index in [1.54, 1.807) is 0 Å². The smallest absolute Gasteiger partial charge is 0.166 e. The molecular weight excluding hydrogens is 280 g/mol. The first-order chi connectivity index (χ1) is 10.1. The summed E-state index contributed by atoms with van der Waals surface area (Å²) < 4.78 is 0. The highest BCUT2D eigenvalue weighted by Crippen LogP contribution is 2.51. The van der Waals surface area contributed by atoms with Crippen molar-refractivity contribution < 1.29 is 4.79 Å². The highest BCUT2D eigenvalue weighted by Gasteiger charge is 2.44. The molecule has 0 bridgehead atoms. The highest BCUT2D eigenvalue weighted by atomic mass is 35.5. The van der Waals surface area contributed by atoms with E-state index in [-0.39, 0.29) is 17.6 Å². The van der Waals surface area contributed by atoms with Crippen molar-refractivity contribution in [1.82, 2.24) is 0 Å². The molecule has 0 aliphatic heterocycles. The molecule has 3 rings (SSSR count). The lowest BCUT2D eigenvalue weighted by atomic mass is 9.98. The Kier molecular flexibility index (Phi) is 3.86. The highest BCUT2D eigenvalue weighted by molar-refractivity contribution is 6.31. The van der Waals surface area contributed by atoms with E-state index in [1.165, 1.54) is 5.56 Å². The second-order valence-electron chi connectivity index (χ2n) is 6.11. The number of halogens is 1. The summed E-state index contributed by atoms with van der Waals surface area (Å²) in [7, 11) is 0. The molecule has 0 N–H and O–H groups in total. The molecule has 0 aromatic heterocycles. The third kappa shape index (κ3) is 2.89. The first-order valence-corrected chi connectivity index (χ1v) is 7.84. The Morgan fingerprint density at radius 2 is 1.76 bits per heavy atom. The lowest BCUT2D eigenvalue weighted by Crippen LogP contribution is -2.03. The van der Waals surface area contributed by atoms with E-state index in [2.05, 4.69) is 26.0 Å². The largest absolute Gasteiger partial charge is 0.294 e. The summed E-state index contributed by atoms with van der Waals surface area (Å²) in [4.78, 5) is 12.5. The lowest BCUT2D eigenvalue weighted by Gasteiger charge is -2.07. The molecule has 1 fully saturated rings. The van der Waals surface area contributed by atoms with Crippen LogP contribution in [0.3, 0.4) is 0 Å². The van der Waals surface area contributed by atoms with E-state index in [0.717, 1.165) is 22.6 Å². The Morgan fingerprint density at radius 3 is 2.38 bits per heavy atom. The molecule has 2 aromatic carbocycles. The number of benzene rings is 2. The van der Waals surface area contributed by atoms with Crippen LogP contribution in [-0.4, -0.2) is 5.78 Å². The summed E-state index contributed by atoms with van der Waals surface area (Å²) in [5.41, 5.74) is 3.19. The van der Waals surface area contributed by atoms with E-state index in [1.807, 2.05) is 36.4 Å². The van der Waals surface area contributed by atoms with Crippen LogP contribution in [0.15, 0.2) is 48.5 Å². The van der Waals surface area contributed by atoms with E-state index >= 15 is 0 Å². The van der Waals surface area contributed by atoms with Crippen LogP contribution in [-0.2, 0) is 0 Å². The third-order valence-corrected chi connectivity index (χ3v) is 4.64. The molecule has 2 aromatic rings. The van der Waals surface area contributed by atoms with Crippen molar-refractivity contribution in [3.8, 4) is 0 Å². The van der Waals surface area contributed by atoms with Gasteiger partial charge in [-0.05, 0) is 35.4 Å². The summed E-state index contributed by atoms with van der Waals surface area (Å²) in [6.07, 6.45) is 0.911. The van der Waals surface area contributed by atoms with Crippen LogP contribution in [0.2, 0.25) is 5.02 Å². The zero-order valence-electron chi connectivity index (χ0n) is 12.3. The number of Topliss-reactive ketones (excluding diaryl/α,β-unsaturated/α-hetero) is 1. The Balaban J connectivity index is 1.74. The predicted octanol–water partition coefficient (Wildman–Crippen LogP) is 5.45. The second-order valence-corrected chi connectivity index (χ2v) is 6.52. The van der Waals surface area contributed by atoms with E-state index in [4.69, 9.17) is 11.6 Å². The summed E-state index contributed by atoms with van der Waals surface area (Å²) in [6, 6.07) is 15.9. The molecule has 108 valence electrons. The second kappa shape index (κ2) is 5.65. The normalized spacial score (nSPS) is 20.6. The Morgan fingerprint density at radius 1 is 1.10 bits per heavy atom. The predicted molar refractivity (Wildman–Crippen MR) is 87.2 cm³/mol. The van der Waals surface area contributed by atoms with Crippen LogP contribution in [0.4, 0.5) is 0 Å². The van der Waals surface area contributed by atoms with Gasteiger partial charge in [-0.2, -0.15) is 0 Å². The number of carbonyl (C=O) groups excluding carboxylic acids is 1. The molecule has 0 amide bonds. The van der Waals surface area contributed by atoms with Gasteiger partial charge in [-0.1, -0.05) is 67.9 Å². The van der Waals surface area contributed by atoms with Crippen LogP contribution >= 0.6 is 11.6 Å². The molecule has 1 aliphatic rings. The van der Waals surface area contributed by atoms with Crippen LogP contribution < -0.4 is 0 Å². The Bertz CT molecular complexity index is 658. The number of hydrogen-bond acceptors (Lipinski definition) is 1. The fourth-order valence-corrected chi connectivity index (χ4v) is 3.13. The maximum absolute atomic E-state index is 12.5. The molecule has 0 saturated heterocycles. The number of carbonyl (C=O) groups is 1. The standard InChI is InChI=1S/C19H19ClO/c1-12(2)13-7-9-14(10-8-13)19(21)17-11-16(17)15-5-3-4-6-18(15)20/h3-10,12,16-17H,11H2,1-2H3. The molecule has 2 unspecified atom stereocenters. The van der Waals surface area contributed by atoms with Gasteiger partial charge in [0.05, 0.1) is 0 Å². The zero-order valence-corrected chi connectivity index (χ0v) is 13.1. The average molecular weight is 299 g/mol. The van der Waals surface area contributed by atoms with Gasteiger partial charge >= 0.3 is 0 Å². The van der Waals surface area contributed by atoms with Crippen LogP contribution in [0.25, 0.3) is 0 Å². The van der Waals surface area contributed by atoms with Gasteiger partial charge in [0.25, 0.3) is 0 Å². The molecule has 21 heavy (non-hydrogen) atoms. The molecule has 1 nitrogen and oxygen atoms in total.